The molecule has 0 radical (unpaired) electrons. The highest BCUT2D eigenvalue weighted by Crippen LogP contribution is 2.34. The zero-order chi connectivity index (χ0) is 10.6. The first-order valence-electron chi connectivity index (χ1n) is 4.77. The molecule has 0 aliphatic heterocycles. The van der Waals surface area contributed by atoms with Crippen molar-refractivity contribution in [3.63, 3.8) is 0 Å². The smallest absolute Gasteiger partial charge is 0.161 e. The monoisotopic (exact) mass is 196 g/mol. The maximum atomic E-state index is 9.54. The van der Waals surface area contributed by atoms with E-state index in [0.29, 0.717) is 5.75 Å². The number of aromatic hydroxyl groups is 2. The van der Waals surface area contributed by atoms with Crippen LogP contribution in [0.5, 0.6) is 17.2 Å². The minimum atomic E-state index is -0.115. The predicted octanol–water partition coefficient (Wildman–Crippen LogP) is 2.45. The molecule has 0 unspecified atom stereocenters. The molecule has 2 N–H and O–H groups in total. The minimum Gasteiger partial charge on any atom is -0.504 e. The summed E-state index contributed by atoms with van der Waals surface area (Å²) in [5.74, 6) is 0.432. The predicted molar refractivity (Wildman–Crippen MR) is 54.9 cm³/mol. The first-order chi connectivity index (χ1) is 6.69. The molecule has 1 aromatic rings. The van der Waals surface area contributed by atoms with Crippen LogP contribution in [0.2, 0.25) is 0 Å². The van der Waals surface area contributed by atoms with Gasteiger partial charge >= 0.3 is 0 Å². The van der Waals surface area contributed by atoms with Gasteiger partial charge in [-0.25, -0.2) is 0 Å². The van der Waals surface area contributed by atoms with Crippen LogP contribution in [-0.4, -0.2) is 17.3 Å². The number of phenolic OH excluding ortho intramolecular Hbond substituents is 2. The first-order valence-corrected chi connectivity index (χ1v) is 4.77. The number of aryl methyl sites for hydroxylation is 1. The van der Waals surface area contributed by atoms with Crippen molar-refractivity contribution < 1.29 is 14.9 Å². The van der Waals surface area contributed by atoms with Gasteiger partial charge in [0.1, 0.15) is 5.75 Å². The molecule has 14 heavy (non-hydrogen) atoms. The highest BCUT2D eigenvalue weighted by molar-refractivity contribution is 5.50. The molecular formula is C11H16O3. The second-order valence-electron chi connectivity index (χ2n) is 3.26. The Kier molecular flexibility index (Phi) is 3.63. The second-order valence-corrected chi connectivity index (χ2v) is 3.26. The van der Waals surface area contributed by atoms with E-state index < -0.39 is 0 Å². The van der Waals surface area contributed by atoms with E-state index in [4.69, 9.17) is 4.74 Å². The molecule has 78 valence electrons. The van der Waals surface area contributed by atoms with Gasteiger partial charge in [0.15, 0.2) is 11.5 Å². The summed E-state index contributed by atoms with van der Waals surface area (Å²) in [6, 6.07) is 3.16. The summed E-state index contributed by atoms with van der Waals surface area (Å²) in [6.07, 6.45) is 2.80. The van der Waals surface area contributed by atoms with Gasteiger partial charge in [-0.1, -0.05) is 13.3 Å². The van der Waals surface area contributed by atoms with Crippen molar-refractivity contribution in [2.45, 2.75) is 26.2 Å². The van der Waals surface area contributed by atoms with E-state index in [1.165, 1.54) is 13.2 Å². The average molecular weight is 196 g/mol. The fourth-order valence-corrected chi connectivity index (χ4v) is 1.33. The van der Waals surface area contributed by atoms with Crippen LogP contribution in [0.1, 0.15) is 25.3 Å². The van der Waals surface area contributed by atoms with E-state index >= 15 is 0 Å². The van der Waals surface area contributed by atoms with Gasteiger partial charge in [0.25, 0.3) is 0 Å². The fraction of sp³-hybridized carbons (Fsp3) is 0.455. The van der Waals surface area contributed by atoms with Gasteiger partial charge < -0.3 is 14.9 Å². The van der Waals surface area contributed by atoms with E-state index in [9.17, 15) is 10.2 Å². The Morgan fingerprint density at radius 1 is 1.29 bits per heavy atom. The number of unbranched alkanes of at least 4 members (excludes halogenated alkanes) is 1. The van der Waals surface area contributed by atoms with Gasteiger partial charge in [-0.15, -0.1) is 0 Å². The third-order valence-electron chi connectivity index (χ3n) is 2.18. The van der Waals surface area contributed by atoms with E-state index in [0.717, 1.165) is 24.8 Å². The maximum absolute atomic E-state index is 9.54. The number of methoxy groups -OCH3 is 1. The zero-order valence-electron chi connectivity index (χ0n) is 8.58. The summed E-state index contributed by atoms with van der Waals surface area (Å²) in [5, 5.41) is 18.9. The van der Waals surface area contributed by atoms with Gasteiger partial charge in [-0.2, -0.15) is 0 Å². The maximum Gasteiger partial charge on any atom is 0.161 e. The Hall–Kier alpha value is -1.38. The van der Waals surface area contributed by atoms with Crippen molar-refractivity contribution in [2.24, 2.45) is 0 Å². The lowest BCUT2D eigenvalue weighted by atomic mass is 10.1. The molecule has 1 rings (SSSR count). The van der Waals surface area contributed by atoms with Gasteiger partial charge in [-0.3, -0.25) is 0 Å². The van der Waals surface area contributed by atoms with E-state index in [1.807, 2.05) is 0 Å². The molecule has 3 nitrogen and oxygen atoms in total. The standard InChI is InChI=1S/C11H16O3/c1-3-4-5-8-6-9(14-2)7-10(12)11(8)13/h6-7,12-13H,3-5H2,1-2H3. The van der Waals surface area contributed by atoms with Crippen LogP contribution in [0, 0.1) is 0 Å². The highest BCUT2D eigenvalue weighted by atomic mass is 16.5. The Morgan fingerprint density at radius 3 is 2.57 bits per heavy atom. The quantitative estimate of drug-likeness (QED) is 0.727. The summed E-state index contributed by atoms with van der Waals surface area (Å²) < 4.78 is 5.00. The Bertz CT molecular complexity index is 308. The molecule has 0 aliphatic rings. The Morgan fingerprint density at radius 2 is 2.00 bits per heavy atom. The molecule has 0 aliphatic carbocycles. The number of phenols is 2. The minimum absolute atomic E-state index is 0.0285. The highest BCUT2D eigenvalue weighted by Gasteiger charge is 2.08. The molecule has 0 fully saturated rings. The van der Waals surface area contributed by atoms with Crippen molar-refractivity contribution in [2.75, 3.05) is 7.11 Å². The molecule has 0 saturated heterocycles. The molecule has 0 spiro atoms. The topological polar surface area (TPSA) is 49.7 Å². The van der Waals surface area contributed by atoms with Crippen LogP contribution >= 0.6 is 0 Å². The van der Waals surface area contributed by atoms with Gasteiger partial charge in [0.2, 0.25) is 0 Å². The van der Waals surface area contributed by atoms with Crippen molar-refractivity contribution >= 4 is 0 Å². The normalized spacial score (nSPS) is 10.1. The first kappa shape index (κ1) is 10.7. The number of hydrogen-bond acceptors (Lipinski definition) is 3. The summed E-state index contributed by atoms with van der Waals surface area (Å²) in [5.41, 5.74) is 0.740. The molecule has 0 aromatic heterocycles. The molecule has 0 heterocycles. The van der Waals surface area contributed by atoms with Crippen molar-refractivity contribution in [1.82, 2.24) is 0 Å². The van der Waals surface area contributed by atoms with Crippen LogP contribution in [-0.2, 0) is 6.42 Å². The number of benzene rings is 1. The lowest BCUT2D eigenvalue weighted by Crippen LogP contribution is -1.89. The van der Waals surface area contributed by atoms with Crippen LogP contribution < -0.4 is 4.74 Å². The zero-order valence-corrected chi connectivity index (χ0v) is 8.58. The molecular weight excluding hydrogens is 180 g/mol. The molecule has 0 bridgehead atoms. The van der Waals surface area contributed by atoms with E-state index in [2.05, 4.69) is 6.92 Å². The van der Waals surface area contributed by atoms with Crippen molar-refractivity contribution in [3.05, 3.63) is 17.7 Å². The lowest BCUT2D eigenvalue weighted by molar-refractivity contribution is 0.382. The van der Waals surface area contributed by atoms with Crippen molar-refractivity contribution in [1.29, 1.82) is 0 Å². The number of ether oxygens (including phenoxy) is 1. The number of rotatable bonds is 4. The van der Waals surface area contributed by atoms with Crippen LogP contribution in [0.15, 0.2) is 12.1 Å². The van der Waals surface area contributed by atoms with Gasteiger partial charge in [0.05, 0.1) is 7.11 Å². The third-order valence-corrected chi connectivity index (χ3v) is 2.18. The van der Waals surface area contributed by atoms with Crippen LogP contribution in [0.4, 0.5) is 0 Å². The third kappa shape index (κ3) is 2.31. The van der Waals surface area contributed by atoms with Crippen molar-refractivity contribution in [3.8, 4) is 17.2 Å². The summed E-state index contributed by atoms with van der Waals surface area (Å²) in [4.78, 5) is 0. The lowest BCUT2D eigenvalue weighted by Gasteiger charge is -2.08. The largest absolute Gasteiger partial charge is 0.504 e. The Labute approximate surface area is 84.0 Å². The summed E-state index contributed by atoms with van der Waals surface area (Å²) >= 11 is 0. The fourth-order valence-electron chi connectivity index (χ4n) is 1.33. The number of hydrogen-bond donors (Lipinski definition) is 2. The van der Waals surface area contributed by atoms with Gasteiger partial charge in [-0.05, 0) is 18.9 Å². The Balaban J connectivity index is 2.95. The summed E-state index contributed by atoms with van der Waals surface area (Å²) in [6.45, 7) is 2.08. The average Bonchev–Trinajstić information content (AvgIpc) is 2.20. The van der Waals surface area contributed by atoms with E-state index in [1.54, 1.807) is 6.07 Å². The van der Waals surface area contributed by atoms with Crippen LogP contribution in [0.25, 0.3) is 0 Å². The van der Waals surface area contributed by atoms with E-state index in [-0.39, 0.29) is 11.5 Å². The van der Waals surface area contributed by atoms with Crippen LogP contribution in [0.3, 0.4) is 0 Å². The molecule has 3 heteroatoms. The molecule has 0 saturated carbocycles. The van der Waals surface area contributed by atoms with Gasteiger partial charge in [0, 0.05) is 11.6 Å². The molecule has 0 amide bonds. The molecule has 1 aromatic carbocycles. The SMILES string of the molecule is CCCCc1cc(OC)cc(O)c1O. The summed E-state index contributed by atoms with van der Waals surface area (Å²) in [7, 11) is 1.54. The molecule has 0 atom stereocenters. The second kappa shape index (κ2) is 4.74.